The van der Waals surface area contributed by atoms with Crippen molar-refractivity contribution in [2.75, 3.05) is 25.5 Å². The first-order chi connectivity index (χ1) is 9.39. The van der Waals surface area contributed by atoms with Crippen LogP contribution in [-0.4, -0.2) is 31.9 Å². The van der Waals surface area contributed by atoms with Gasteiger partial charge >= 0.3 is 6.09 Å². The summed E-state index contributed by atoms with van der Waals surface area (Å²) in [5, 5.41) is 5.96. The maximum Gasteiger partial charge on any atom is 0.412 e. The van der Waals surface area contributed by atoms with Gasteiger partial charge in [0.25, 0.3) is 0 Å². The second kappa shape index (κ2) is 5.71. The molecule has 1 aromatic carbocycles. The van der Waals surface area contributed by atoms with Gasteiger partial charge in [0.05, 0.1) is 12.8 Å². The Morgan fingerprint density at radius 1 is 1.35 bits per heavy atom. The van der Waals surface area contributed by atoms with Crippen molar-refractivity contribution < 1.29 is 14.3 Å². The molecular weight excluding hydrogens is 256 g/mol. The fourth-order valence-corrected chi connectivity index (χ4v) is 2.00. The van der Waals surface area contributed by atoms with Crippen molar-refractivity contribution in [1.29, 1.82) is 0 Å². The van der Waals surface area contributed by atoms with Gasteiger partial charge in [0.2, 0.25) is 0 Å². The van der Waals surface area contributed by atoms with Gasteiger partial charge < -0.3 is 14.8 Å². The van der Waals surface area contributed by atoms with E-state index < -0.39 is 11.7 Å². The van der Waals surface area contributed by atoms with Crippen LogP contribution in [-0.2, 0) is 4.74 Å². The zero-order chi connectivity index (χ0) is 14.8. The Hall–Kier alpha value is -1.75. The van der Waals surface area contributed by atoms with Crippen LogP contribution in [0.3, 0.4) is 0 Å². The highest BCUT2D eigenvalue weighted by molar-refractivity contribution is 5.87. The van der Waals surface area contributed by atoms with Crippen LogP contribution in [0.4, 0.5) is 10.5 Å². The van der Waals surface area contributed by atoms with Gasteiger partial charge in [0.1, 0.15) is 11.4 Å². The van der Waals surface area contributed by atoms with Gasteiger partial charge in [0, 0.05) is 19.0 Å². The molecule has 2 N–H and O–H groups in total. The van der Waals surface area contributed by atoms with Crippen LogP contribution in [0, 0.1) is 0 Å². The highest BCUT2D eigenvalue weighted by atomic mass is 16.6. The quantitative estimate of drug-likeness (QED) is 0.892. The monoisotopic (exact) mass is 278 g/mol. The highest BCUT2D eigenvalue weighted by Crippen LogP contribution is 2.30. The number of anilines is 1. The zero-order valence-corrected chi connectivity index (χ0v) is 12.4. The summed E-state index contributed by atoms with van der Waals surface area (Å²) in [5.74, 6) is 1.18. The second-order valence-electron chi connectivity index (χ2n) is 5.94. The Labute approximate surface area is 119 Å². The van der Waals surface area contributed by atoms with E-state index >= 15 is 0 Å². The third-order valence-electron chi connectivity index (χ3n) is 3.11. The maximum atomic E-state index is 11.8. The number of amides is 1. The predicted octanol–water partition coefficient (Wildman–Crippen LogP) is 2.73. The van der Waals surface area contributed by atoms with Gasteiger partial charge in [-0.05, 0) is 38.5 Å². The van der Waals surface area contributed by atoms with Crippen LogP contribution < -0.4 is 15.4 Å². The molecule has 1 fully saturated rings. The lowest BCUT2D eigenvalue weighted by Crippen LogP contribution is -2.39. The summed E-state index contributed by atoms with van der Waals surface area (Å²) in [5.41, 5.74) is 1.32. The summed E-state index contributed by atoms with van der Waals surface area (Å²) in [6.45, 7) is 7.47. The molecule has 110 valence electrons. The molecule has 1 aromatic rings. The van der Waals surface area contributed by atoms with Crippen molar-refractivity contribution in [3.8, 4) is 5.75 Å². The van der Waals surface area contributed by atoms with Gasteiger partial charge in [-0.1, -0.05) is 6.07 Å². The van der Waals surface area contributed by atoms with Crippen LogP contribution in [0.5, 0.6) is 5.75 Å². The second-order valence-corrected chi connectivity index (χ2v) is 5.94. The third kappa shape index (κ3) is 3.63. The first-order valence-corrected chi connectivity index (χ1v) is 6.78. The van der Waals surface area contributed by atoms with Crippen LogP contribution >= 0.6 is 0 Å². The summed E-state index contributed by atoms with van der Waals surface area (Å²) in [4.78, 5) is 11.8. The molecule has 0 aliphatic carbocycles. The molecule has 0 saturated carbocycles. The summed E-state index contributed by atoms with van der Waals surface area (Å²) < 4.78 is 10.6. The summed E-state index contributed by atoms with van der Waals surface area (Å²) in [6.07, 6.45) is -0.478. The Kier molecular flexibility index (Phi) is 4.18. The zero-order valence-electron chi connectivity index (χ0n) is 12.4. The van der Waals surface area contributed by atoms with Crippen LogP contribution in [0.15, 0.2) is 18.2 Å². The van der Waals surface area contributed by atoms with Crippen molar-refractivity contribution in [1.82, 2.24) is 5.32 Å². The van der Waals surface area contributed by atoms with Gasteiger partial charge in [-0.2, -0.15) is 0 Å². The molecular formula is C15H22N2O3. The number of rotatable bonds is 3. The van der Waals surface area contributed by atoms with Gasteiger partial charge in [-0.25, -0.2) is 4.79 Å². The lowest BCUT2D eigenvalue weighted by atomic mass is 9.93. The number of benzene rings is 1. The van der Waals surface area contributed by atoms with E-state index in [1.54, 1.807) is 7.11 Å². The van der Waals surface area contributed by atoms with E-state index in [4.69, 9.17) is 9.47 Å². The highest BCUT2D eigenvalue weighted by Gasteiger charge is 2.21. The van der Waals surface area contributed by atoms with Crippen LogP contribution in [0.2, 0.25) is 0 Å². The summed E-state index contributed by atoms with van der Waals surface area (Å²) in [7, 11) is 1.60. The number of hydrogen-bond donors (Lipinski definition) is 2. The molecule has 2 rings (SSSR count). The van der Waals surface area contributed by atoms with Gasteiger partial charge in [-0.15, -0.1) is 0 Å². The first-order valence-electron chi connectivity index (χ1n) is 6.78. The fourth-order valence-electron chi connectivity index (χ4n) is 2.00. The molecule has 1 saturated heterocycles. The normalized spacial score (nSPS) is 15.4. The smallest absolute Gasteiger partial charge is 0.412 e. The van der Waals surface area contributed by atoms with Crippen molar-refractivity contribution in [2.45, 2.75) is 32.3 Å². The van der Waals surface area contributed by atoms with Gasteiger partial charge in [0.15, 0.2) is 0 Å². The lowest BCUT2D eigenvalue weighted by Gasteiger charge is -2.28. The standard InChI is InChI=1S/C15H22N2O3/c1-15(2,3)20-14(18)17-12-6-5-10(7-13(12)19-4)11-8-16-9-11/h5-7,11,16H,8-9H2,1-4H3,(H,17,18). The molecule has 1 aliphatic rings. The van der Waals surface area contributed by atoms with E-state index in [9.17, 15) is 4.79 Å². The minimum atomic E-state index is -0.519. The number of methoxy groups -OCH3 is 1. The largest absolute Gasteiger partial charge is 0.495 e. The molecule has 1 heterocycles. The van der Waals surface area contributed by atoms with E-state index in [0.717, 1.165) is 13.1 Å². The Balaban J connectivity index is 2.09. The Bertz CT molecular complexity index is 490. The average Bonchev–Trinajstić information content (AvgIpc) is 2.26. The molecule has 0 aromatic heterocycles. The molecule has 5 heteroatoms. The average molecular weight is 278 g/mol. The van der Waals surface area contributed by atoms with Crippen molar-refractivity contribution in [3.05, 3.63) is 23.8 Å². The number of nitrogens with one attached hydrogen (secondary N) is 2. The minimum Gasteiger partial charge on any atom is -0.495 e. The fraction of sp³-hybridized carbons (Fsp3) is 0.533. The Morgan fingerprint density at radius 3 is 2.55 bits per heavy atom. The van der Waals surface area contributed by atoms with Gasteiger partial charge in [-0.3, -0.25) is 5.32 Å². The maximum absolute atomic E-state index is 11.8. The van der Waals surface area contributed by atoms with E-state index in [2.05, 4.69) is 10.6 Å². The Morgan fingerprint density at radius 2 is 2.05 bits per heavy atom. The molecule has 5 nitrogen and oxygen atoms in total. The van der Waals surface area contributed by atoms with Crippen molar-refractivity contribution in [3.63, 3.8) is 0 Å². The predicted molar refractivity (Wildman–Crippen MR) is 78.5 cm³/mol. The van der Waals surface area contributed by atoms with E-state index in [-0.39, 0.29) is 0 Å². The summed E-state index contributed by atoms with van der Waals surface area (Å²) >= 11 is 0. The lowest BCUT2D eigenvalue weighted by molar-refractivity contribution is 0.0635. The molecule has 0 bridgehead atoms. The molecule has 0 spiro atoms. The molecule has 1 amide bonds. The minimum absolute atomic E-state index is 0.478. The number of carbonyl (C=O) groups is 1. The molecule has 0 unspecified atom stereocenters. The molecule has 0 atom stereocenters. The third-order valence-corrected chi connectivity index (χ3v) is 3.11. The molecule has 0 radical (unpaired) electrons. The van der Waals surface area contributed by atoms with E-state index in [0.29, 0.717) is 17.4 Å². The first kappa shape index (κ1) is 14.7. The number of carbonyl (C=O) groups excluding carboxylic acids is 1. The van der Waals surface area contributed by atoms with Crippen LogP contribution in [0.1, 0.15) is 32.3 Å². The SMILES string of the molecule is COc1cc(C2CNC2)ccc1NC(=O)OC(C)(C)C. The van der Waals surface area contributed by atoms with Crippen LogP contribution in [0.25, 0.3) is 0 Å². The van der Waals surface area contributed by atoms with Crippen molar-refractivity contribution >= 4 is 11.8 Å². The molecule has 1 aliphatic heterocycles. The molecule has 20 heavy (non-hydrogen) atoms. The van der Waals surface area contributed by atoms with E-state index in [1.807, 2.05) is 39.0 Å². The van der Waals surface area contributed by atoms with E-state index in [1.165, 1.54) is 5.56 Å². The number of ether oxygens (including phenoxy) is 2. The topological polar surface area (TPSA) is 59.6 Å². The van der Waals surface area contributed by atoms with Crippen molar-refractivity contribution in [2.24, 2.45) is 0 Å². The summed E-state index contributed by atoms with van der Waals surface area (Å²) in [6, 6.07) is 5.84. The number of hydrogen-bond acceptors (Lipinski definition) is 4.